The first-order chi connectivity index (χ1) is 11.7. The largest absolute Gasteiger partial charge is 0.345 e. The Morgan fingerprint density at radius 3 is 2.79 bits per heavy atom. The van der Waals surface area contributed by atoms with Gasteiger partial charge >= 0.3 is 0 Å². The summed E-state index contributed by atoms with van der Waals surface area (Å²) < 4.78 is 0. The molecule has 0 N–H and O–H groups in total. The molecule has 1 aromatic heterocycles. The lowest BCUT2D eigenvalue weighted by Gasteiger charge is -2.36. The summed E-state index contributed by atoms with van der Waals surface area (Å²) in [4.78, 5) is 25.7. The highest BCUT2D eigenvalue weighted by atomic mass is 16.2. The molecule has 1 saturated carbocycles. The van der Waals surface area contributed by atoms with E-state index in [9.17, 15) is 4.79 Å². The molecule has 2 aromatic rings. The van der Waals surface area contributed by atoms with Crippen LogP contribution < -0.4 is 4.90 Å². The first kappa shape index (κ1) is 15.4. The Kier molecular flexibility index (Phi) is 4.08. The maximum absolute atomic E-state index is 12.6. The fourth-order valence-corrected chi connectivity index (χ4v) is 4.09. The molecule has 0 spiro atoms. The Balaban J connectivity index is 1.54. The van der Waals surface area contributed by atoms with Crippen molar-refractivity contribution in [3.05, 3.63) is 30.1 Å². The van der Waals surface area contributed by atoms with E-state index in [0.717, 1.165) is 41.9 Å². The Bertz CT molecular complexity index is 749. The van der Waals surface area contributed by atoms with E-state index in [-0.39, 0.29) is 5.91 Å². The summed E-state index contributed by atoms with van der Waals surface area (Å²) in [6.45, 7) is 5.09. The average Bonchev–Trinajstić information content (AvgIpc) is 3.10. The number of nitrogens with zero attached hydrogens (tertiary/aromatic N) is 4. The highest BCUT2D eigenvalue weighted by Crippen LogP contribution is 2.29. The van der Waals surface area contributed by atoms with Gasteiger partial charge in [-0.25, -0.2) is 9.97 Å². The molecule has 2 fully saturated rings. The van der Waals surface area contributed by atoms with Crippen molar-refractivity contribution in [2.45, 2.75) is 32.6 Å². The van der Waals surface area contributed by atoms with E-state index in [4.69, 9.17) is 0 Å². The average molecular weight is 324 g/mol. The minimum atomic E-state index is 0.230. The summed E-state index contributed by atoms with van der Waals surface area (Å²) in [5.41, 5.74) is 2.10. The second-order valence-corrected chi connectivity index (χ2v) is 7.08. The topological polar surface area (TPSA) is 49.3 Å². The van der Waals surface area contributed by atoms with Crippen molar-refractivity contribution in [2.24, 2.45) is 5.92 Å². The van der Waals surface area contributed by atoms with Crippen LogP contribution in [0.25, 0.3) is 10.9 Å². The number of aromatic nitrogens is 2. The first-order valence-corrected chi connectivity index (χ1v) is 8.95. The van der Waals surface area contributed by atoms with Crippen LogP contribution in [0.1, 0.15) is 31.2 Å². The number of rotatable bonds is 3. The number of hydrogen-bond acceptors (Lipinski definition) is 4. The van der Waals surface area contributed by atoms with E-state index < -0.39 is 0 Å². The zero-order chi connectivity index (χ0) is 16.5. The Hall–Kier alpha value is -2.17. The number of anilines is 1. The van der Waals surface area contributed by atoms with Crippen molar-refractivity contribution < 1.29 is 4.79 Å². The van der Waals surface area contributed by atoms with E-state index in [1.807, 2.05) is 12.1 Å². The maximum Gasteiger partial charge on any atom is 0.242 e. The summed E-state index contributed by atoms with van der Waals surface area (Å²) in [5, 5.41) is 1.07. The highest BCUT2D eigenvalue weighted by Gasteiger charge is 2.28. The van der Waals surface area contributed by atoms with Crippen LogP contribution in [0.5, 0.6) is 0 Å². The summed E-state index contributed by atoms with van der Waals surface area (Å²) in [6, 6.07) is 6.10. The van der Waals surface area contributed by atoms with Crippen LogP contribution in [0.3, 0.4) is 0 Å². The monoisotopic (exact) mass is 324 g/mol. The van der Waals surface area contributed by atoms with Crippen LogP contribution in [0, 0.1) is 12.8 Å². The second-order valence-electron chi connectivity index (χ2n) is 7.08. The van der Waals surface area contributed by atoms with Crippen LogP contribution >= 0.6 is 0 Å². The zero-order valence-electron chi connectivity index (χ0n) is 14.2. The molecule has 126 valence electrons. The van der Waals surface area contributed by atoms with E-state index in [1.165, 1.54) is 25.7 Å². The van der Waals surface area contributed by atoms with Gasteiger partial charge in [0, 0.05) is 25.0 Å². The van der Waals surface area contributed by atoms with Crippen molar-refractivity contribution in [1.29, 1.82) is 0 Å². The van der Waals surface area contributed by atoms with Crippen molar-refractivity contribution in [1.82, 2.24) is 14.9 Å². The molecule has 1 saturated heterocycles. The van der Waals surface area contributed by atoms with E-state index in [2.05, 4.69) is 32.8 Å². The number of fused-ring (bicyclic) bond motifs is 1. The fraction of sp³-hybridized carbons (Fsp3) is 0.526. The van der Waals surface area contributed by atoms with E-state index in [0.29, 0.717) is 12.5 Å². The maximum atomic E-state index is 12.6. The van der Waals surface area contributed by atoms with Gasteiger partial charge in [-0.3, -0.25) is 4.79 Å². The predicted molar refractivity (Wildman–Crippen MR) is 95.0 cm³/mol. The molecule has 0 atom stereocenters. The molecular weight excluding hydrogens is 300 g/mol. The lowest BCUT2D eigenvalue weighted by molar-refractivity contribution is -0.131. The molecule has 2 heterocycles. The molecule has 0 unspecified atom stereocenters. The van der Waals surface area contributed by atoms with Crippen molar-refractivity contribution in [3.8, 4) is 0 Å². The second kappa shape index (κ2) is 6.38. The summed E-state index contributed by atoms with van der Waals surface area (Å²) in [5.74, 6) is 1.84. The Labute approximate surface area is 142 Å². The van der Waals surface area contributed by atoms with Gasteiger partial charge in [-0.1, -0.05) is 25.0 Å². The van der Waals surface area contributed by atoms with Gasteiger partial charge in [0.1, 0.15) is 12.1 Å². The number of benzene rings is 1. The third-order valence-electron chi connectivity index (χ3n) is 5.42. The first-order valence-electron chi connectivity index (χ1n) is 8.95. The standard InChI is InChI=1S/C19H24N4O/c1-14-5-4-8-16-18(14)19(21-13-20-16)23-10-9-22(17(24)12-23)11-15-6-2-3-7-15/h4-5,8,13,15H,2-3,6-7,9-12H2,1H3. The van der Waals surface area contributed by atoms with Crippen LogP contribution in [0.15, 0.2) is 24.5 Å². The quantitative estimate of drug-likeness (QED) is 0.871. The Morgan fingerprint density at radius 1 is 1.17 bits per heavy atom. The minimum Gasteiger partial charge on any atom is -0.345 e. The fourth-order valence-electron chi connectivity index (χ4n) is 4.09. The molecule has 5 heteroatoms. The minimum absolute atomic E-state index is 0.230. The van der Waals surface area contributed by atoms with E-state index >= 15 is 0 Å². The molecule has 4 rings (SSSR count). The number of carbonyl (C=O) groups is 1. The van der Waals surface area contributed by atoms with Gasteiger partial charge in [0.25, 0.3) is 0 Å². The predicted octanol–water partition coefficient (Wildman–Crippen LogP) is 2.78. The molecule has 1 amide bonds. The molecule has 1 aliphatic carbocycles. The number of amides is 1. The number of aryl methyl sites for hydroxylation is 1. The van der Waals surface area contributed by atoms with Crippen molar-refractivity contribution >= 4 is 22.6 Å². The molecule has 0 radical (unpaired) electrons. The van der Waals surface area contributed by atoms with Crippen LogP contribution in [0.4, 0.5) is 5.82 Å². The molecule has 1 aliphatic heterocycles. The zero-order valence-corrected chi connectivity index (χ0v) is 14.2. The summed E-state index contributed by atoms with van der Waals surface area (Å²) in [7, 11) is 0. The number of piperazine rings is 1. The van der Waals surface area contributed by atoms with Crippen LogP contribution in [-0.4, -0.2) is 47.0 Å². The van der Waals surface area contributed by atoms with Crippen LogP contribution in [0.2, 0.25) is 0 Å². The molecule has 2 aliphatic rings. The van der Waals surface area contributed by atoms with Gasteiger partial charge in [-0.2, -0.15) is 0 Å². The Morgan fingerprint density at radius 2 is 2.00 bits per heavy atom. The molecule has 0 bridgehead atoms. The molecule has 24 heavy (non-hydrogen) atoms. The SMILES string of the molecule is Cc1cccc2ncnc(N3CCN(CC4CCCC4)C(=O)C3)c12. The summed E-state index contributed by atoms with van der Waals surface area (Å²) >= 11 is 0. The van der Waals surface area contributed by atoms with Gasteiger partial charge in [0.15, 0.2) is 0 Å². The summed E-state index contributed by atoms with van der Waals surface area (Å²) in [6.07, 6.45) is 6.81. The third-order valence-corrected chi connectivity index (χ3v) is 5.42. The van der Waals surface area contributed by atoms with Gasteiger partial charge < -0.3 is 9.80 Å². The molecular formula is C19H24N4O. The van der Waals surface area contributed by atoms with Crippen LogP contribution in [-0.2, 0) is 4.79 Å². The van der Waals surface area contributed by atoms with Gasteiger partial charge in [-0.15, -0.1) is 0 Å². The smallest absolute Gasteiger partial charge is 0.242 e. The van der Waals surface area contributed by atoms with Crippen molar-refractivity contribution in [2.75, 3.05) is 31.1 Å². The lowest BCUT2D eigenvalue weighted by Crippen LogP contribution is -2.51. The molecule has 1 aromatic carbocycles. The molecule has 5 nitrogen and oxygen atoms in total. The lowest BCUT2D eigenvalue weighted by atomic mass is 10.1. The van der Waals surface area contributed by atoms with E-state index in [1.54, 1.807) is 6.33 Å². The van der Waals surface area contributed by atoms with Gasteiger partial charge in [-0.05, 0) is 37.3 Å². The number of carbonyl (C=O) groups excluding carboxylic acids is 1. The van der Waals surface area contributed by atoms with Gasteiger partial charge in [0.05, 0.1) is 12.1 Å². The van der Waals surface area contributed by atoms with Crippen molar-refractivity contribution in [3.63, 3.8) is 0 Å². The normalized spacial score (nSPS) is 19.5. The van der Waals surface area contributed by atoms with Gasteiger partial charge in [0.2, 0.25) is 5.91 Å². The number of hydrogen-bond donors (Lipinski definition) is 0. The third kappa shape index (κ3) is 2.83. The highest BCUT2D eigenvalue weighted by molar-refractivity contribution is 5.94.